The Bertz CT molecular complexity index is 1590. The number of benzene rings is 2. The lowest BCUT2D eigenvalue weighted by molar-refractivity contribution is 0.102. The molecule has 2 aromatic carbocycles. The lowest BCUT2D eigenvalue weighted by atomic mass is 10.1. The Morgan fingerprint density at radius 2 is 1.87 bits per heavy atom. The number of nitrogens with zero attached hydrogens (tertiary/aromatic N) is 5. The van der Waals surface area contributed by atoms with E-state index in [0.717, 1.165) is 16.8 Å². The highest BCUT2D eigenvalue weighted by molar-refractivity contribution is 7.90. The van der Waals surface area contributed by atoms with Crippen LogP contribution in [0.2, 0.25) is 0 Å². The molecule has 3 aromatic heterocycles. The number of amides is 1. The number of hydrogen-bond donors (Lipinski definition) is 2. The van der Waals surface area contributed by atoms with E-state index in [1.807, 2.05) is 25.1 Å². The maximum absolute atomic E-state index is 13.4. The average Bonchev–Trinajstić information content (AvgIpc) is 3.38. The molecule has 0 fully saturated rings. The predicted octanol–water partition coefficient (Wildman–Crippen LogP) is 4.91. The summed E-state index contributed by atoms with van der Waals surface area (Å²) in [5, 5.41) is 10.7. The first kappa shape index (κ1) is 25.1. The molecule has 38 heavy (non-hydrogen) atoms. The highest BCUT2D eigenvalue weighted by atomic mass is 32.2. The van der Waals surface area contributed by atoms with E-state index in [1.165, 1.54) is 41.3 Å². The maximum atomic E-state index is 13.4. The van der Waals surface area contributed by atoms with Crippen LogP contribution in [0.4, 0.5) is 21.7 Å². The minimum Gasteiger partial charge on any atom is -0.610 e. The Morgan fingerprint density at radius 1 is 1.05 bits per heavy atom. The minimum absolute atomic E-state index is 0.0714. The van der Waals surface area contributed by atoms with Crippen LogP contribution in [-0.4, -0.2) is 41.4 Å². The molecule has 3 heterocycles. The van der Waals surface area contributed by atoms with E-state index in [4.69, 9.17) is 0 Å². The summed E-state index contributed by atoms with van der Waals surface area (Å²) in [7, 11) is 0. The fraction of sp³-hybridized carbons (Fsp3) is 0.0741. The van der Waals surface area contributed by atoms with E-state index in [-0.39, 0.29) is 5.69 Å². The second kappa shape index (κ2) is 10.8. The second-order valence-corrected chi connectivity index (χ2v) is 9.65. The Hall–Kier alpha value is -4.61. The molecule has 5 rings (SSSR count). The number of halogens is 1. The van der Waals surface area contributed by atoms with Gasteiger partial charge in [0.15, 0.2) is 5.69 Å². The number of nitrogens with one attached hydrogen (secondary N) is 2. The van der Waals surface area contributed by atoms with Crippen LogP contribution in [0.15, 0.2) is 90.3 Å². The molecule has 2 N–H and O–H groups in total. The summed E-state index contributed by atoms with van der Waals surface area (Å²) < 4.78 is 27.0. The van der Waals surface area contributed by atoms with Crippen LogP contribution in [-0.2, 0) is 11.2 Å². The number of rotatable bonds is 7. The van der Waals surface area contributed by atoms with E-state index < -0.39 is 22.9 Å². The van der Waals surface area contributed by atoms with E-state index in [2.05, 4.69) is 30.7 Å². The molecule has 11 heteroatoms. The molecule has 0 aliphatic heterocycles. The summed E-state index contributed by atoms with van der Waals surface area (Å²) in [5.41, 5.74) is 4.29. The van der Waals surface area contributed by atoms with Gasteiger partial charge in [0.25, 0.3) is 5.91 Å². The second-order valence-electron chi connectivity index (χ2n) is 8.33. The first-order valence-electron chi connectivity index (χ1n) is 11.5. The van der Waals surface area contributed by atoms with Crippen molar-refractivity contribution in [2.45, 2.75) is 11.9 Å². The van der Waals surface area contributed by atoms with Crippen molar-refractivity contribution in [2.24, 2.45) is 0 Å². The van der Waals surface area contributed by atoms with Gasteiger partial charge in [-0.1, -0.05) is 6.07 Å². The van der Waals surface area contributed by atoms with Gasteiger partial charge in [0.05, 0.1) is 11.4 Å². The molecule has 0 saturated heterocycles. The van der Waals surface area contributed by atoms with Crippen molar-refractivity contribution < 1.29 is 13.7 Å². The normalized spacial score (nSPS) is 11.7. The summed E-state index contributed by atoms with van der Waals surface area (Å²) in [6, 6.07) is 18.0. The van der Waals surface area contributed by atoms with Crippen LogP contribution in [0, 0.1) is 12.7 Å². The number of hydrogen-bond acceptors (Lipinski definition) is 7. The summed E-state index contributed by atoms with van der Waals surface area (Å²) in [6.45, 7) is 1.92. The van der Waals surface area contributed by atoms with Gasteiger partial charge in [-0.3, -0.25) is 9.78 Å². The summed E-state index contributed by atoms with van der Waals surface area (Å²) in [5.74, 6) is -0.496. The molecule has 0 bridgehead atoms. The number of anilines is 3. The first-order valence-corrected chi connectivity index (χ1v) is 13.0. The van der Waals surface area contributed by atoms with Crippen molar-refractivity contribution in [3.05, 3.63) is 102 Å². The van der Waals surface area contributed by atoms with Crippen molar-refractivity contribution in [1.29, 1.82) is 0 Å². The van der Waals surface area contributed by atoms with Gasteiger partial charge in [0.2, 0.25) is 11.0 Å². The largest absolute Gasteiger partial charge is 0.610 e. The van der Waals surface area contributed by atoms with Gasteiger partial charge in [-0.2, -0.15) is 9.78 Å². The molecule has 0 aliphatic rings. The van der Waals surface area contributed by atoms with Gasteiger partial charge >= 0.3 is 0 Å². The summed E-state index contributed by atoms with van der Waals surface area (Å²) >= 11 is -1.43. The lowest BCUT2D eigenvalue weighted by Gasteiger charge is -2.12. The molecule has 190 valence electrons. The molecule has 0 saturated carbocycles. The fourth-order valence-corrected chi connectivity index (χ4v) is 4.36. The van der Waals surface area contributed by atoms with Gasteiger partial charge in [-0.25, -0.2) is 14.4 Å². The molecule has 5 aromatic rings. The van der Waals surface area contributed by atoms with Gasteiger partial charge < -0.3 is 15.2 Å². The van der Waals surface area contributed by atoms with E-state index in [9.17, 15) is 13.7 Å². The fourth-order valence-electron chi connectivity index (χ4n) is 3.69. The monoisotopic (exact) mass is 527 g/mol. The van der Waals surface area contributed by atoms with Crippen molar-refractivity contribution in [3.63, 3.8) is 0 Å². The van der Waals surface area contributed by atoms with Gasteiger partial charge in [-0.05, 0) is 67.1 Å². The van der Waals surface area contributed by atoms with E-state index in [1.54, 1.807) is 36.8 Å². The van der Waals surface area contributed by atoms with Crippen LogP contribution in [0.3, 0.4) is 0 Å². The van der Waals surface area contributed by atoms with Crippen molar-refractivity contribution in [2.75, 3.05) is 16.9 Å². The van der Waals surface area contributed by atoms with E-state index in [0.29, 0.717) is 28.0 Å². The van der Waals surface area contributed by atoms with E-state index >= 15 is 0 Å². The Kier molecular flexibility index (Phi) is 7.11. The third-order valence-electron chi connectivity index (χ3n) is 5.63. The topological polar surface area (TPSA) is 121 Å². The van der Waals surface area contributed by atoms with Gasteiger partial charge in [0, 0.05) is 52.8 Å². The molecule has 0 aliphatic carbocycles. The van der Waals surface area contributed by atoms with Crippen molar-refractivity contribution in [1.82, 2.24) is 24.7 Å². The molecule has 9 nitrogen and oxygen atoms in total. The number of carbonyl (C=O) groups is 1. The van der Waals surface area contributed by atoms with Gasteiger partial charge in [0.1, 0.15) is 12.1 Å². The van der Waals surface area contributed by atoms with Crippen LogP contribution in [0.5, 0.6) is 0 Å². The van der Waals surface area contributed by atoms with Crippen molar-refractivity contribution >= 4 is 34.4 Å². The average molecular weight is 528 g/mol. The third-order valence-corrected chi connectivity index (χ3v) is 6.51. The molecular formula is C27H22FN7O2S. The van der Waals surface area contributed by atoms with Crippen LogP contribution >= 0.6 is 0 Å². The SMILES string of the molecule is Cc1ccc(NC(=O)c2cc([S+](C)[O-])n(-c3ccc(F)cc3)n2)cc1Nc1nccc(-c2cccnc2)n1. The quantitative estimate of drug-likeness (QED) is 0.289. The van der Waals surface area contributed by atoms with Crippen LogP contribution in [0.25, 0.3) is 16.9 Å². The van der Waals surface area contributed by atoms with Crippen LogP contribution < -0.4 is 10.6 Å². The van der Waals surface area contributed by atoms with Gasteiger partial charge in [-0.15, -0.1) is 0 Å². The maximum Gasteiger partial charge on any atom is 0.276 e. The number of aromatic nitrogens is 5. The standard InChI is InChI=1S/C27H22FN7O2S/c1-17-5-8-20(14-23(17)33-27-30-13-11-22(32-27)18-4-3-12-29-16-18)31-26(36)24-15-25(38(2)37)35(34-24)21-9-6-19(28)7-10-21/h3-16H,1-2H3,(H,31,36)(H,30,32,33). The first-order chi connectivity index (χ1) is 18.4. The summed E-state index contributed by atoms with van der Waals surface area (Å²) in [6.07, 6.45) is 6.57. The zero-order chi connectivity index (χ0) is 26.6. The molecular weight excluding hydrogens is 505 g/mol. The molecule has 0 spiro atoms. The number of aryl methyl sites for hydroxylation is 1. The number of pyridine rings is 1. The molecule has 0 radical (unpaired) electrons. The smallest absolute Gasteiger partial charge is 0.276 e. The third kappa shape index (κ3) is 5.53. The predicted molar refractivity (Wildman–Crippen MR) is 144 cm³/mol. The zero-order valence-electron chi connectivity index (χ0n) is 20.4. The Balaban J connectivity index is 1.37. The number of carbonyl (C=O) groups excluding carboxylic acids is 1. The highest BCUT2D eigenvalue weighted by Gasteiger charge is 2.22. The molecule has 1 atom stereocenters. The van der Waals surface area contributed by atoms with Crippen molar-refractivity contribution in [3.8, 4) is 16.9 Å². The zero-order valence-corrected chi connectivity index (χ0v) is 21.2. The lowest BCUT2D eigenvalue weighted by Crippen LogP contribution is -2.13. The summed E-state index contributed by atoms with van der Waals surface area (Å²) in [4.78, 5) is 26.1. The Morgan fingerprint density at radius 3 is 2.61 bits per heavy atom. The Labute approximate surface area is 221 Å². The molecule has 1 unspecified atom stereocenters. The minimum atomic E-state index is -1.43. The molecule has 1 amide bonds. The van der Waals surface area contributed by atoms with Crippen LogP contribution in [0.1, 0.15) is 16.1 Å². The highest BCUT2D eigenvalue weighted by Crippen LogP contribution is 2.25.